The van der Waals surface area contributed by atoms with Crippen LogP contribution in [0.5, 0.6) is 5.75 Å². The summed E-state index contributed by atoms with van der Waals surface area (Å²) in [6.07, 6.45) is 0. The van der Waals surface area contributed by atoms with Crippen molar-refractivity contribution in [1.82, 2.24) is 20.1 Å². The molecule has 0 fully saturated rings. The Morgan fingerprint density at radius 1 is 1.22 bits per heavy atom. The normalized spacial score (nSPS) is 11.6. The van der Waals surface area contributed by atoms with E-state index in [9.17, 15) is 14.7 Å². The van der Waals surface area contributed by atoms with Crippen molar-refractivity contribution in [2.24, 2.45) is 7.05 Å². The summed E-state index contributed by atoms with van der Waals surface area (Å²) in [6, 6.07) is 12.7. The zero-order chi connectivity index (χ0) is 23.1. The number of benzene rings is 2. The largest absolute Gasteiger partial charge is 0.497 e. The number of amides is 2. The number of anilines is 1. The average molecular weight is 476 g/mol. The number of nitrogens with zero attached hydrogens (tertiary/aromatic N) is 3. The summed E-state index contributed by atoms with van der Waals surface area (Å²) >= 11 is 7.11. The maximum Gasteiger partial charge on any atom is 0.251 e. The lowest BCUT2D eigenvalue weighted by Gasteiger charge is -2.16. The Labute approximate surface area is 194 Å². The van der Waals surface area contributed by atoms with Crippen molar-refractivity contribution in [3.8, 4) is 5.75 Å². The van der Waals surface area contributed by atoms with Crippen molar-refractivity contribution in [1.29, 1.82) is 0 Å². The molecule has 2 amide bonds. The van der Waals surface area contributed by atoms with E-state index >= 15 is 0 Å². The first kappa shape index (κ1) is 23.6. The molecule has 1 aromatic heterocycles. The summed E-state index contributed by atoms with van der Waals surface area (Å²) < 4.78 is 6.72. The molecule has 11 heteroatoms. The fourth-order valence-corrected chi connectivity index (χ4v) is 3.73. The van der Waals surface area contributed by atoms with Crippen molar-refractivity contribution in [2.75, 3.05) is 24.8 Å². The van der Waals surface area contributed by atoms with Gasteiger partial charge in [0.2, 0.25) is 5.91 Å². The maximum absolute atomic E-state index is 12.5. The Bertz CT molecular complexity index is 1090. The number of aromatic nitrogens is 3. The van der Waals surface area contributed by atoms with Gasteiger partial charge in [-0.05, 0) is 42.5 Å². The third-order valence-corrected chi connectivity index (χ3v) is 5.72. The summed E-state index contributed by atoms with van der Waals surface area (Å²) in [6.45, 7) is -0.367. The monoisotopic (exact) mass is 475 g/mol. The van der Waals surface area contributed by atoms with E-state index in [0.717, 1.165) is 0 Å². The molecule has 9 nitrogen and oxygen atoms in total. The number of carbonyl (C=O) groups is 2. The molecule has 0 aliphatic carbocycles. The zero-order valence-electron chi connectivity index (χ0n) is 17.4. The van der Waals surface area contributed by atoms with Crippen LogP contribution in [0.15, 0.2) is 53.7 Å². The number of hydrogen-bond donors (Lipinski definition) is 3. The summed E-state index contributed by atoms with van der Waals surface area (Å²) in [4.78, 5) is 24.7. The number of aliphatic hydroxyl groups excluding tert-OH is 1. The third kappa shape index (κ3) is 6.00. The van der Waals surface area contributed by atoms with Gasteiger partial charge >= 0.3 is 0 Å². The van der Waals surface area contributed by atoms with Gasteiger partial charge in [0.25, 0.3) is 5.91 Å². The lowest BCUT2D eigenvalue weighted by atomic mass is 10.2. The molecule has 0 radical (unpaired) electrons. The van der Waals surface area contributed by atoms with Gasteiger partial charge in [0.1, 0.15) is 11.8 Å². The molecule has 0 aliphatic heterocycles. The van der Waals surface area contributed by atoms with Crippen molar-refractivity contribution >= 4 is 40.9 Å². The van der Waals surface area contributed by atoms with Crippen LogP contribution >= 0.6 is 23.4 Å². The first-order valence-electron chi connectivity index (χ1n) is 9.54. The molecule has 0 saturated heterocycles. The quantitative estimate of drug-likeness (QED) is 0.407. The number of thioether (sulfide) groups is 1. The average Bonchev–Trinajstić information content (AvgIpc) is 3.16. The van der Waals surface area contributed by atoms with E-state index in [1.54, 1.807) is 67.3 Å². The summed E-state index contributed by atoms with van der Waals surface area (Å²) in [5.41, 5.74) is 1.02. The van der Waals surface area contributed by atoms with Gasteiger partial charge in [0.05, 0.1) is 19.5 Å². The predicted octanol–water partition coefficient (Wildman–Crippen LogP) is 2.67. The molecule has 0 spiro atoms. The zero-order valence-corrected chi connectivity index (χ0v) is 19.0. The van der Waals surface area contributed by atoms with Crippen LogP contribution in [0.3, 0.4) is 0 Å². The molecule has 0 aliphatic rings. The van der Waals surface area contributed by atoms with Crippen molar-refractivity contribution in [3.05, 3.63) is 64.9 Å². The van der Waals surface area contributed by atoms with E-state index in [2.05, 4.69) is 20.8 Å². The van der Waals surface area contributed by atoms with Gasteiger partial charge in [-0.1, -0.05) is 29.4 Å². The minimum absolute atomic E-state index is 0.0977. The number of aliphatic hydroxyl groups is 1. The highest BCUT2D eigenvalue weighted by molar-refractivity contribution is 7.99. The minimum Gasteiger partial charge on any atom is -0.497 e. The smallest absolute Gasteiger partial charge is 0.251 e. The van der Waals surface area contributed by atoms with E-state index in [0.29, 0.717) is 33.0 Å². The molecule has 1 atom stereocenters. The predicted molar refractivity (Wildman–Crippen MR) is 122 cm³/mol. The van der Waals surface area contributed by atoms with Crippen LogP contribution in [0.1, 0.15) is 22.2 Å². The van der Waals surface area contributed by atoms with Gasteiger partial charge in [-0.2, -0.15) is 0 Å². The van der Waals surface area contributed by atoms with Crippen LogP contribution in [0.2, 0.25) is 5.02 Å². The fourth-order valence-electron chi connectivity index (χ4n) is 2.82. The second kappa shape index (κ2) is 11.0. The molecule has 32 heavy (non-hydrogen) atoms. The Hall–Kier alpha value is -3.08. The van der Waals surface area contributed by atoms with Crippen molar-refractivity contribution in [3.63, 3.8) is 0 Å². The van der Waals surface area contributed by atoms with E-state index in [-0.39, 0.29) is 24.2 Å². The SMILES string of the molecule is COc1ccc(C(=O)NC(CO)c2nnc(SCC(=O)Nc3cccc(Cl)c3)n2C)cc1. The molecule has 0 saturated carbocycles. The highest BCUT2D eigenvalue weighted by Crippen LogP contribution is 2.21. The lowest BCUT2D eigenvalue weighted by molar-refractivity contribution is -0.113. The second-order valence-corrected chi connectivity index (χ2v) is 8.06. The van der Waals surface area contributed by atoms with Crippen molar-refractivity contribution in [2.45, 2.75) is 11.2 Å². The standard InChI is InChI=1S/C21H22ClN5O4S/c1-27-19(17(11-28)24-20(30)13-6-8-16(31-2)9-7-13)25-26-21(27)32-12-18(29)23-15-5-3-4-14(22)10-15/h3-10,17,28H,11-12H2,1-2H3,(H,23,29)(H,24,30). The second-order valence-electron chi connectivity index (χ2n) is 6.68. The van der Waals surface area contributed by atoms with E-state index in [1.165, 1.54) is 11.8 Å². The van der Waals surface area contributed by atoms with Crippen LogP contribution in [0.4, 0.5) is 5.69 Å². The van der Waals surface area contributed by atoms with Gasteiger partial charge in [-0.15, -0.1) is 10.2 Å². The molecule has 1 heterocycles. The molecule has 3 N–H and O–H groups in total. The van der Waals surface area contributed by atoms with Crippen LogP contribution in [-0.4, -0.2) is 51.2 Å². The van der Waals surface area contributed by atoms with Crippen LogP contribution in [-0.2, 0) is 11.8 Å². The molecule has 0 bridgehead atoms. The Balaban J connectivity index is 1.61. The summed E-state index contributed by atoms with van der Waals surface area (Å²) in [7, 11) is 3.25. The van der Waals surface area contributed by atoms with Gasteiger partial charge in [0.15, 0.2) is 11.0 Å². The summed E-state index contributed by atoms with van der Waals surface area (Å²) in [5, 5.41) is 24.5. The number of rotatable bonds is 9. The van der Waals surface area contributed by atoms with Gasteiger partial charge < -0.3 is 25.0 Å². The van der Waals surface area contributed by atoms with E-state index in [4.69, 9.17) is 16.3 Å². The highest BCUT2D eigenvalue weighted by Gasteiger charge is 2.22. The summed E-state index contributed by atoms with van der Waals surface area (Å²) in [5.74, 6) is 0.500. The van der Waals surface area contributed by atoms with Gasteiger partial charge in [-0.25, -0.2) is 0 Å². The first-order valence-corrected chi connectivity index (χ1v) is 10.9. The number of carbonyl (C=O) groups excluding carboxylic acids is 2. The molecular formula is C21H22ClN5O4S. The van der Waals surface area contributed by atoms with Crippen molar-refractivity contribution < 1.29 is 19.4 Å². The van der Waals surface area contributed by atoms with E-state index in [1.807, 2.05) is 0 Å². The van der Waals surface area contributed by atoms with Crippen LogP contribution in [0, 0.1) is 0 Å². The van der Waals surface area contributed by atoms with Crippen LogP contribution < -0.4 is 15.4 Å². The number of methoxy groups -OCH3 is 1. The van der Waals surface area contributed by atoms with Gasteiger partial charge in [0, 0.05) is 23.3 Å². The molecule has 1 unspecified atom stereocenters. The minimum atomic E-state index is -0.767. The lowest BCUT2D eigenvalue weighted by Crippen LogP contribution is -2.32. The number of nitrogens with one attached hydrogen (secondary N) is 2. The molecule has 168 valence electrons. The highest BCUT2D eigenvalue weighted by atomic mass is 35.5. The topological polar surface area (TPSA) is 118 Å². The Morgan fingerprint density at radius 2 is 1.97 bits per heavy atom. The Morgan fingerprint density at radius 3 is 2.62 bits per heavy atom. The van der Waals surface area contributed by atoms with E-state index < -0.39 is 6.04 Å². The molecule has 3 rings (SSSR count). The van der Waals surface area contributed by atoms with Crippen LogP contribution in [0.25, 0.3) is 0 Å². The molecule has 3 aromatic rings. The number of halogens is 1. The fraction of sp³-hybridized carbons (Fsp3) is 0.238. The maximum atomic E-state index is 12.5. The third-order valence-electron chi connectivity index (χ3n) is 4.46. The number of ether oxygens (including phenoxy) is 1. The number of hydrogen-bond acceptors (Lipinski definition) is 7. The molecular weight excluding hydrogens is 454 g/mol. The molecule has 2 aromatic carbocycles. The van der Waals surface area contributed by atoms with Gasteiger partial charge in [-0.3, -0.25) is 9.59 Å². The Kier molecular flexibility index (Phi) is 8.09. The first-order chi connectivity index (χ1) is 15.4.